The van der Waals surface area contributed by atoms with Crippen molar-refractivity contribution in [1.29, 1.82) is 0 Å². The molecule has 0 atom stereocenters. The fraction of sp³-hybridized carbons (Fsp3) is 0.667. The van der Waals surface area contributed by atoms with E-state index in [-0.39, 0.29) is 5.75 Å². The lowest BCUT2D eigenvalue weighted by molar-refractivity contribution is 0.580. The molecule has 0 unspecified atom stereocenters. The Hall–Kier alpha value is -0.840. The molecule has 14 heavy (non-hydrogen) atoms. The van der Waals surface area contributed by atoms with Crippen molar-refractivity contribution in [2.24, 2.45) is 0 Å². The van der Waals surface area contributed by atoms with Gasteiger partial charge in [-0.1, -0.05) is 0 Å². The molecule has 0 aliphatic heterocycles. The summed E-state index contributed by atoms with van der Waals surface area (Å²) in [4.78, 5) is 0. The molecule has 1 saturated carbocycles. The van der Waals surface area contributed by atoms with Gasteiger partial charge in [0.1, 0.15) is 10.7 Å². The van der Waals surface area contributed by atoms with Crippen LogP contribution in [-0.4, -0.2) is 24.0 Å². The summed E-state index contributed by atoms with van der Waals surface area (Å²) in [6, 6.07) is 2.04. The van der Waals surface area contributed by atoms with Crippen molar-refractivity contribution in [1.82, 2.24) is 9.78 Å². The lowest BCUT2D eigenvalue weighted by Gasteiger charge is -1.97. The first-order valence-electron chi connectivity index (χ1n) is 4.91. The van der Waals surface area contributed by atoms with Crippen molar-refractivity contribution in [3.05, 3.63) is 18.0 Å². The molecular weight excluding hydrogens is 200 g/mol. The Morgan fingerprint density at radius 3 is 2.93 bits per heavy atom. The van der Waals surface area contributed by atoms with Crippen LogP contribution in [0.1, 0.15) is 30.9 Å². The van der Waals surface area contributed by atoms with E-state index in [4.69, 9.17) is 0 Å². The lowest BCUT2D eigenvalue weighted by Crippen LogP contribution is -2.02. The minimum absolute atomic E-state index is 0.258. The van der Waals surface area contributed by atoms with E-state index in [9.17, 15) is 8.42 Å². The molecule has 0 bridgehead atoms. The van der Waals surface area contributed by atoms with Gasteiger partial charge in [-0.3, -0.25) is 4.68 Å². The standard InChI is InChI=1S/C9H14N2O2S/c12-14(13)7-1-5-11-6-4-9(10-11)8-2-3-8/h4,6,8,14H,1-3,5,7H2. The Bertz CT molecular complexity index is 372. The zero-order valence-corrected chi connectivity index (χ0v) is 8.82. The zero-order valence-electron chi connectivity index (χ0n) is 7.93. The van der Waals surface area contributed by atoms with Gasteiger partial charge in [-0.25, -0.2) is 8.42 Å². The number of hydrogen-bond acceptors (Lipinski definition) is 3. The van der Waals surface area contributed by atoms with Gasteiger partial charge in [0.2, 0.25) is 0 Å². The fourth-order valence-corrected chi connectivity index (χ4v) is 1.86. The Morgan fingerprint density at radius 1 is 1.50 bits per heavy atom. The smallest absolute Gasteiger partial charge is 0.140 e. The molecule has 4 nitrogen and oxygen atoms in total. The number of nitrogens with zero attached hydrogens (tertiary/aromatic N) is 2. The number of rotatable bonds is 5. The van der Waals surface area contributed by atoms with Gasteiger partial charge < -0.3 is 0 Å². The highest BCUT2D eigenvalue weighted by atomic mass is 32.2. The van der Waals surface area contributed by atoms with Crippen molar-refractivity contribution in [3.63, 3.8) is 0 Å². The van der Waals surface area contributed by atoms with Crippen molar-refractivity contribution in [2.45, 2.75) is 31.7 Å². The molecule has 5 heteroatoms. The quantitative estimate of drug-likeness (QED) is 0.736. The highest BCUT2D eigenvalue weighted by Gasteiger charge is 2.25. The van der Waals surface area contributed by atoms with Gasteiger partial charge in [-0.05, 0) is 25.3 Å². The molecule has 1 heterocycles. The second kappa shape index (κ2) is 4.13. The lowest BCUT2D eigenvalue weighted by atomic mass is 10.3. The minimum atomic E-state index is -2.23. The van der Waals surface area contributed by atoms with Crippen LogP contribution in [0.4, 0.5) is 0 Å². The SMILES string of the molecule is O=[SH](=O)CCCn1ccc(C2CC2)n1. The van der Waals surface area contributed by atoms with Crippen LogP contribution in [-0.2, 0) is 17.2 Å². The minimum Gasteiger partial charge on any atom is -0.272 e. The van der Waals surface area contributed by atoms with Crippen molar-refractivity contribution < 1.29 is 8.42 Å². The van der Waals surface area contributed by atoms with Crippen molar-refractivity contribution >= 4 is 10.7 Å². The van der Waals surface area contributed by atoms with Gasteiger partial charge in [-0.2, -0.15) is 5.10 Å². The number of aromatic nitrogens is 2. The molecule has 0 amide bonds. The van der Waals surface area contributed by atoms with E-state index in [0.717, 1.165) is 5.69 Å². The first kappa shape index (κ1) is 9.71. The van der Waals surface area contributed by atoms with Crippen LogP contribution in [0, 0.1) is 0 Å². The van der Waals surface area contributed by atoms with Gasteiger partial charge in [0.05, 0.1) is 5.69 Å². The highest BCUT2D eigenvalue weighted by Crippen LogP contribution is 2.38. The van der Waals surface area contributed by atoms with E-state index in [1.807, 2.05) is 16.9 Å². The zero-order chi connectivity index (χ0) is 9.97. The molecule has 0 aromatic carbocycles. The Balaban J connectivity index is 1.83. The third-order valence-electron chi connectivity index (χ3n) is 2.38. The van der Waals surface area contributed by atoms with Crippen LogP contribution < -0.4 is 0 Å². The number of aryl methyl sites for hydroxylation is 1. The average Bonchev–Trinajstić information content (AvgIpc) is 2.87. The molecule has 0 radical (unpaired) electrons. The molecule has 0 N–H and O–H groups in total. The summed E-state index contributed by atoms with van der Waals surface area (Å²) in [5.74, 6) is 0.931. The Kier molecular flexibility index (Phi) is 2.86. The second-order valence-electron chi connectivity index (χ2n) is 3.69. The summed E-state index contributed by atoms with van der Waals surface area (Å²) in [5.41, 5.74) is 1.16. The summed E-state index contributed by atoms with van der Waals surface area (Å²) < 4.78 is 22.5. The summed E-state index contributed by atoms with van der Waals surface area (Å²) in [6.45, 7) is 0.704. The van der Waals surface area contributed by atoms with Crippen molar-refractivity contribution in [3.8, 4) is 0 Å². The molecule has 1 aliphatic carbocycles. The Labute approximate surface area is 84.9 Å². The molecule has 2 rings (SSSR count). The van der Waals surface area contributed by atoms with Gasteiger partial charge in [0.25, 0.3) is 0 Å². The third-order valence-corrected chi connectivity index (χ3v) is 3.07. The predicted octanol–water partition coefficient (Wildman–Crippen LogP) is 0.762. The first-order valence-corrected chi connectivity index (χ1v) is 6.27. The van der Waals surface area contributed by atoms with Gasteiger partial charge in [-0.15, -0.1) is 0 Å². The van der Waals surface area contributed by atoms with E-state index in [0.29, 0.717) is 18.9 Å². The number of thiol groups is 1. The Morgan fingerprint density at radius 2 is 2.29 bits per heavy atom. The third kappa shape index (κ3) is 2.57. The predicted molar refractivity (Wildman–Crippen MR) is 54.0 cm³/mol. The van der Waals surface area contributed by atoms with E-state index >= 15 is 0 Å². The van der Waals surface area contributed by atoms with Gasteiger partial charge >= 0.3 is 0 Å². The van der Waals surface area contributed by atoms with E-state index < -0.39 is 10.7 Å². The maximum atomic E-state index is 10.3. The van der Waals surface area contributed by atoms with Crippen LogP contribution in [0.25, 0.3) is 0 Å². The second-order valence-corrected chi connectivity index (χ2v) is 4.80. The maximum Gasteiger partial charge on any atom is 0.140 e. The molecule has 1 fully saturated rings. The summed E-state index contributed by atoms with van der Waals surface area (Å²) in [5, 5.41) is 4.39. The normalized spacial score (nSPS) is 16.4. The van der Waals surface area contributed by atoms with E-state index in [1.54, 1.807) is 0 Å². The molecule has 78 valence electrons. The van der Waals surface area contributed by atoms with E-state index in [1.165, 1.54) is 12.8 Å². The molecule has 0 saturated heterocycles. The fourth-order valence-electron chi connectivity index (χ4n) is 1.46. The average molecular weight is 214 g/mol. The van der Waals surface area contributed by atoms with Crippen LogP contribution in [0.15, 0.2) is 12.3 Å². The summed E-state index contributed by atoms with van der Waals surface area (Å²) in [6.07, 6.45) is 5.10. The molecule has 1 aromatic rings. The summed E-state index contributed by atoms with van der Waals surface area (Å²) in [7, 11) is -2.23. The van der Waals surface area contributed by atoms with Crippen LogP contribution in [0.3, 0.4) is 0 Å². The van der Waals surface area contributed by atoms with E-state index in [2.05, 4.69) is 5.10 Å². The van der Waals surface area contributed by atoms with Crippen molar-refractivity contribution in [2.75, 3.05) is 5.75 Å². The highest BCUT2D eigenvalue weighted by molar-refractivity contribution is 7.72. The van der Waals surface area contributed by atoms with Gasteiger partial charge in [0.15, 0.2) is 0 Å². The van der Waals surface area contributed by atoms with Gasteiger partial charge in [0, 0.05) is 24.4 Å². The topological polar surface area (TPSA) is 52.0 Å². The molecule has 1 aromatic heterocycles. The molecular formula is C9H14N2O2S. The molecule has 1 aliphatic rings. The van der Waals surface area contributed by atoms with Crippen LogP contribution in [0.5, 0.6) is 0 Å². The summed E-state index contributed by atoms with van der Waals surface area (Å²) >= 11 is 0. The van der Waals surface area contributed by atoms with Crippen LogP contribution >= 0.6 is 0 Å². The molecule has 0 spiro atoms. The van der Waals surface area contributed by atoms with Crippen LogP contribution in [0.2, 0.25) is 0 Å². The monoisotopic (exact) mass is 214 g/mol. The first-order chi connectivity index (χ1) is 6.75. The maximum absolute atomic E-state index is 10.3. The largest absolute Gasteiger partial charge is 0.272 e. The number of hydrogen-bond donors (Lipinski definition) is 1.